The average Bonchev–Trinajstić information content (AvgIpc) is 3.01. The number of esters is 1. The average molecular weight is 396 g/mol. The summed E-state index contributed by atoms with van der Waals surface area (Å²) < 4.78 is 8.16. The number of hydrogen-bond donors (Lipinski definition) is 0. The quantitative estimate of drug-likeness (QED) is 0.492. The van der Waals surface area contributed by atoms with Crippen LogP contribution in [0, 0.1) is 13.8 Å². The van der Waals surface area contributed by atoms with Crippen molar-refractivity contribution in [3.05, 3.63) is 73.1 Å². The van der Waals surface area contributed by atoms with Gasteiger partial charge in [-0.1, -0.05) is 6.07 Å². The van der Waals surface area contributed by atoms with Gasteiger partial charge in [-0.25, -0.2) is 14.8 Å². The Morgan fingerprint density at radius 2 is 2.04 bits per heavy atom. The summed E-state index contributed by atoms with van der Waals surface area (Å²) >= 11 is 1.11. The summed E-state index contributed by atoms with van der Waals surface area (Å²) in [7, 11) is 1.61. The molecule has 4 aromatic heterocycles. The molecule has 0 aliphatic rings. The van der Waals surface area contributed by atoms with Crippen LogP contribution in [0.25, 0.3) is 15.9 Å². The SMILES string of the molecule is Cc1ccc2nc(COC(=O)c3sc4ncn(C)c(=O)c4c3C)cc(=O)n2c1. The zero-order chi connectivity index (χ0) is 20.0. The minimum atomic E-state index is -0.576. The molecule has 0 amide bonds. The molecule has 0 spiro atoms. The highest BCUT2D eigenvalue weighted by Gasteiger charge is 2.20. The third kappa shape index (κ3) is 2.99. The number of hydrogen-bond acceptors (Lipinski definition) is 7. The Hall–Kier alpha value is -3.33. The molecule has 0 atom stereocenters. The second kappa shape index (κ2) is 6.68. The van der Waals surface area contributed by atoms with E-state index in [1.165, 1.54) is 21.4 Å². The van der Waals surface area contributed by atoms with Crippen LogP contribution in [0.2, 0.25) is 0 Å². The van der Waals surface area contributed by atoms with E-state index in [0.717, 1.165) is 16.9 Å². The molecular formula is C19H16N4O4S. The first kappa shape index (κ1) is 18.1. The lowest BCUT2D eigenvalue weighted by Crippen LogP contribution is -2.17. The Morgan fingerprint density at radius 1 is 1.25 bits per heavy atom. The Kier molecular flexibility index (Phi) is 4.31. The van der Waals surface area contributed by atoms with Gasteiger partial charge in [-0.15, -0.1) is 11.3 Å². The van der Waals surface area contributed by atoms with E-state index in [0.29, 0.717) is 32.0 Å². The van der Waals surface area contributed by atoms with Gasteiger partial charge in [0.05, 0.1) is 17.4 Å². The number of ether oxygens (including phenoxy) is 1. The number of aryl methyl sites for hydroxylation is 3. The van der Waals surface area contributed by atoms with Crippen LogP contribution in [0.5, 0.6) is 0 Å². The van der Waals surface area contributed by atoms with Crippen molar-refractivity contribution in [2.75, 3.05) is 0 Å². The number of thiophene rings is 1. The van der Waals surface area contributed by atoms with Crippen LogP contribution >= 0.6 is 11.3 Å². The van der Waals surface area contributed by atoms with Gasteiger partial charge < -0.3 is 9.30 Å². The van der Waals surface area contributed by atoms with Crippen LogP contribution in [0.4, 0.5) is 0 Å². The lowest BCUT2D eigenvalue weighted by molar-refractivity contribution is 0.0473. The van der Waals surface area contributed by atoms with Crippen LogP contribution in [0.3, 0.4) is 0 Å². The van der Waals surface area contributed by atoms with Crippen molar-refractivity contribution in [2.24, 2.45) is 7.05 Å². The number of pyridine rings is 1. The lowest BCUT2D eigenvalue weighted by atomic mass is 10.2. The van der Waals surface area contributed by atoms with E-state index >= 15 is 0 Å². The zero-order valence-corrected chi connectivity index (χ0v) is 16.2. The fraction of sp³-hybridized carbons (Fsp3) is 0.211. The molecule has 28 heavy (non-hydrogen) atoms. The number of nitrogens with zero attached hydrogens (tertiary/aromatic N) is 4. The maximum atomic E-state index is 12.5. The van der Waals surface area contributed by atoms with Crippen molar-refractivity contribution in [1.29, 1.82) is 0 Å². The van der Waals surface area contributed by atoms with Crippen molar-refractivity contribution in [3.63, 3.8) is 0 Å². The highest BCUT2D eigenvalue weighted by Crippen LogP contribution is 2.27. The fourth-order valence-electron chi connectivity index (χ4n) is 2.94. The largest absolute Gasteiger partial charge is 0.455 e. The van der Waals surface area contributed by atoms with Crippen molar-refractivity contribution in [2.45, 2.75) is 20.5 Å². The summed E-state index contributed by atoms with van der Waals surface area (Å²) in [6.45, 7) is 3.44. The Bertz CT molecular complexity index is 1370. The van der Waals surface area contributed by atoms with Crippen molar-refractivity contribution < 1.29 is 9.53 Å². The third-order valence-corrected chi connectivity index (χ3v) is 5.59. The van der Waals surface area contributed by atoms with Gasteiger partial charge in [-0.3, -0.25) is 14.0 Å². The first-order valence-electron chi connectivity index (χ1n) is 8.46. The van der Waals surface area contributed by atoms with Gasteiger partial charge in [0.2, 0.25) is 0 Å². The molecule has 0 N–H and O–H groups in total. The summed E-state index contributed by atoms with van der Waals surface area (Å²) in [5, 5.41) is 0.416. The van der Waals surface area contributed by atoms with Crippen LogP contribution < -0.4 is 11.1 Å². The molecule has 4 rings (SSSR count). The van der Waals surface area contributed by atoms with Gasteiger partial charge >= 0.3 is 5.97 Å². The predicted molar refractivity (Wildman–Crippen MR) is 105 cm³/mol. The molecule has 0 aromatic carbocycles. The summed E-state index contributed by atoms with van der Waals surface area (Å²) in [6, 6.07) is 4.93. The van der Waals surface area contributed by atoms with Gasteiger partial charge in [-0.2, -0.15) is 0 Å². The van der Waals surface area contributed by atoms with Crippen LogP contribution in [-0.2, 0) is 18.4 Å². The van der Waals surface area contributed by atoms with E-state index in [-0.39, 0.29) is 17.7 Å². The molecule has 0 unspecified atom stereocenters. The lowest BCUT2D eigenvalue weighted by Gasteiger charge is -2.06. The molecule has 0 aliphatic carbocycles. The topological polar surface area (TPSA) is 95.6 Å². The van der Waals surface area contributed by atoms with E-state index in [1.807, 2.05) is 13.0 Å². The second-order valence-electron chi connectivity index (χ2n) is 6.49. The summed E-state index contributed by atoms with van der Waals surface area (Å²) in [6.07, 6.45) is 3.12. The van der Waals surface area contributed by atoms with Gasteiger partial charge in [0.25, 0.3) is 11.1 Å². The monoisotopic (exact) mass is 396 g/mol. The number of aromatic nitrogens is 4. The Labute approximate surface area is 162 Å². The minimum absolute atomic E-state index is 0.141. The van der Waals surface area contributed by atoms with Gasteiger partial charge in [0.1, 0.15) is 22.0 Å². The number of rotatable bonds is 3. The normalized spacial score (nSPS) is 11.2. The van der Waals surface area contributed by atoms with Crippen LogP contribution in [-0.4, -0.2) is 24.9 Å². The minimum Gasteiger partial charge on any atom is -0.455 e. The van der Waals surface area contributed by atoms with Crippen molar-refractivity contribution in [1.82, 2.24) is 18.9 Å². The highest BCUT2D eigenvalue weighted by molar-refractivity contribution is 7.20. The number of carbonyl (C=O) groups is 1. The van der Waals surface area contributed by atoms with E-state index in [9.17, 15) is 14.4 Å². The molecule has 0 aliphatic heterocycles. The molecule has 4 aromatic rings. The number of fused-ring (bicyclic) bond motifs is 2. The molecule has 9 heteroatoms. The van der Waals surface area contributed by atoms with E-state index in [4.69, 9.17) is 4.74 Å². The maximum absolute atomic E-state index is 12.5. The molecule has 4 heterocycles. The van der Waals surface area contributed by atoms with E-state index in [2.05, 4.69) is 9.97 Å². The van der Waals surface area contributed by atoms with Crippen LogP contribution in [0.15, 0.2) is 40.3 Å². The van der Waals surface area contributed by atoms with Gasteiger partial charge in [0, 0.05) is 19.3 Å². The zero-order valence-electron chi connectivity index (χ0n) is 15.4. The predicted octanol–water partition coefficient (Wildman–Crippen LogP) is 1.98. The molecular weight excluding hydrogens is 380 g/mol. The molecule has 0 saturated carbocycles. The van der Waals surface area contributed by atoms with Crippen LogP contribution in [0.1, 0.15) is 26.5 Å². The molecule has 0 saturated heterocycles. The summed E-state index contributed by atoms with van der Waals surface area (Å²) in [5.74, 6) is -0.576. The maximum Gasteiger partial charge on any atom is 0.349 e. The van der Waals surface area contributed by atoms with E-state index < -0.39 is 5.97 Å². The Balaban J connectivity index is 1.62. The first-order valence-corrected chi connectivity index (χ1v) is 9.27. The van der Waals surface area contributed by atoms with Gasteiger partial charge in [0.15, 0.2) is 0 Å². The van der Waals surface area contributed by atoms with Crippen molar-refractivity contribution >= 4 is 33.2 Å². The molecule has 8 nitrogen and oxygen atoms in total. The molecule has 0 fully saturated rings. The fourth-order valence-corrected chi connectivity index (χ4v) is 3.97. The summed E-state index contributed by atoms with van der Waals surface area (Å²) in [5.41, 5.74) is 1.86. The van der Waals surface area contributed by atoms with Gasteiger partial charge in [-0.05, 0) is 31.0 Å². The molecule has 142 valence electrons. The van der Waals surface area contributed by atoms with E-state index in [1.54, 1.807) is 26.2 Å². The Morgan fingerprint density at radius 3 is 2.82 bits per heavy atom. The third-order valence-electron chi connectivity index (χ3n) is 4.41. The highest BCUT2D eigenvalue weighted by atomic mass is 32.1. The molecule has 0 radical (unpaired) electrons. The second-order valence-corrected chi connectivity index (χ2v) is 7.49. The molecule has 0 bridgehead atoms. The standard InChI is InChI=1S/C19H16N4O4S/c1-10-4-5-13-21-12(6-14(24)23(13)7-10)8-27-19(26)16-11(2)15-17(28-16)20-9-22(3)18(15)25/h4-7,9H,8H2,1-3H3. The number of carbonyl (C=O) groups excluding carboxylic acids is 1. The smallest absolute Gasteiger partial charge is 0.349 e. The van der Waals surface area contributed by atoms with Crippen molar-refractivity contribution in [3.8, 4) is 0 Å². The first-order chi connectivity index (χ1) is 13.3. The summed E-state index contributed by atoms with van der Waals surface area (Å²) in [4.78, 5) is 46.4.